The quantitative estimate of drug-likeness (QED) is 0.753. The van der Waals surface area contributed by atoms with E-state index in [1.165, 1.54) is 18.3 Å². The topological polar surface area (TPSA) is 80.6 Å². The standard InChI is InChI=1S/C19H15FN2O4/c20-11-4-6-12(7-5-11)21-8-13-9-22-10-15(19(24)25)18(23)14-2-1-3-16(26-13)17(14)22/h1-7,10,13,21H,8-9H2,(H,24,25). The summed E-state index contributed by atoms with van der Waals surface area (Å²) in [6.45, 7) is 0.832. The first kappa shape index (κ1) is 16.1. The maximum atomic E-state index is 13.0. The van der Waals surface area contributed by atoms with Crippen molar-refractivity contribution in [1.82, 2.24) is 4.57 Å². The van der Waals surface area contributed by atoms with Crippen molar-refractivity contribution in [2.24, 2.45) is 0 Å². The van der Waals surface area contributed by atoms with Gasteiger partial charge in [0.05, 0.1) is 24.0 Å². The van der Waals surface area contributed by atoms with Gasteiger partial charge in [0, 0.05) is 11.9 Å². The predicted molar refractivity (Wildman–Crippen MR) is 94.5 cm³/mol. The molecular formula is C19H15FN2O4. The fraction of sp³-hybridized carbons (Fsp3) is 0.158. The van der Waals surface area contributed by atoms with E-state index in [1.54, 1.807) is 34.9 Å². The number of ether oxygens (including phenoxy) is 1. The second kappa shape index (κ2) is 6.18. The van der Waals surface area contributed by atoms with Gasteiger partial charge in [-0.1, -0.05) is 6.07 Å². The van der Waals surface area contributed by atoms with Crippen molar-refractivity contribution in [2.75, 3.05) is 11.9 Å². The third kappa shape index (κ3) is 2.77. The monoisotopic (exact) mass is 354 g/mol. The number of anilines is 1. The Bertz CT molecular complexity index is 1060. The van der Waals surface area contributed by atoms with E-state index < -0.39 is 11.4 Å². The molecule has 1 aliphatic rings. The van der Waals surface area contributed by atoms with E-state index in [1.807, 2.05) is 0 Å². The van der Waals surface area contributed by atoms with Crippen molar-refractivity contribution >= 4 is 22.6 Å². The highest BCUT2D eigenvalue weighted by molar-refractivity contribution is 5.94. The highest BCUT2D eigenvalue weighted by atomic mass is 19.1. The Hall–Kier alpha value is -3.35. The number of carbonyl (C=O) groups is 1. The van der Waals surface area contributed by atoms with E-state index in [9.17, 15) is 19.1 Å². The summed E-state index contributed by atoms with van der Waals surface area (Å²) in [5, 5.41) is 12.8. The van der Waals surface area contributed by atoms with Gasteiger partial charge < -0.3 is 19.7 Å². The van der Waals surface area contributed by atoms with Crippen molar-refractivity contribution in [1.29, 1.82) is 0 Å². The highest BCUT2D eigenvalue weighted by Gasteiger charge is 2.24. The molecule has 2 N–H and O–H groups in total. The average molecular weight is 354 g/mol. The van der Waals surface area contributed by atoms with Gasteiger partial charge in [-0.05, 0) is 36.4 Å². The first-order valence-electron chi connectivity index (χ1n) is 8.08. The molecule has 2 aromatic carbocycles. The largest absolute Gasteiger partial charge is 0.485 e. The minimum Gasteiger partial charge on any atom is -0.485 e. The Morgan fingerprint density at radius 3 is 2.77 bits per heavy atom. The molecule has 3 aromatic rings. The lowest BCUT2D eigenvalue weighted by Gasteiger charge is -2.28. The third-order valence-electron chi connectivity index (χ3n) is 4.36. The number of carboxylic acid groups (broad SMARTS) is 1. The van der Waals surface area contributed by atoms with Crippen LogP contribution in [0, 0.1) is 5.82 Å². The molecule has 0 saturated heterocycles. The smallest absolute Gasteiger partial charge is 0.341 e. The Balaban J connectivity index is 1.65. The molecule has 7 heteroatoms. The van der Waals surface area contributed by atoms with Crippen LogP contribution in [0.4, 0.5) is 10.1 Å². The van der Waals surface area contributed by atoms with E-state index >= 15 is 0 Å². The molecule has 0 amide bonds. The molecule has 1 atom stereocenters. The number of hydrogen-bond acceptors (Lipinski definition) is 4. The Morgan fingerprint density at radius 2 is 2.04 bits per heavy atom. The molecule has 0 bridgehead atoms. The maximum Gasteiger partial charge on any atom is 0.341 e. The molecule has 0 aliphatic carbocycles. The molecule has 6 nitrogen and oxygen atoms in total. The van der Waals surface area contributed by atoms with Crippen LogP contribution in [0.1, 0.15) is 10.4 Å². The lowest BCUT2D eigenvalue weighted by molar-refractivity contribution is 0.0694. The number of nitrogens with one attached hydrogen (secondary N) is 1. The number of aromatic nitrogens is 1. The Morgan fingerprint density at radius 1 is 1.27 bits per heavy atom. The summed E-state index contributed by atoms with van der Waals surface area (Å²) in [6, 6.07) is 11.0. The lowest BCUT2D eigenvalue weighted by Crippen LogP contribution is -2.35. The number of nitrogens with zero attached hydrogens (tertiary/aromatic N) is 1. The van der Waals surface area contributed by atoms with Crippen LogP contribution in [0.25, 0.3) is 10.9 Å². The molecule has 0 fully saturated rings. The van der Waals surface area contributed by atoms with Gasteiger partial charge in [0.25, 0.3) is 0 Å². The van der Waals surface area contributed by atoms with Gasteiger partial charge in [-0.25, -0.2) is 9.18 Å². The lowest BCUT2D eigenvalue weighted by atomic mass is 10.1. The van der Waals surface area contributed by atoms with Crippen molar-refractivity contribution in [2.45, 2.75) is 12.6 Å². The van der Waals surface area contributed by atoms with E-state index in [0.29, 0.717) is 29.7 Å². The van der Waals surface area contributed by atoms with E-state index in [0.717, 1.165) is 5.69 Å². The summed E-state index contributed by atoms with van der Waals surface area (Å²) in [5.41, 5.74) is 0.574. The molecular weight excluding hydrogens is 339 g/mol. The van der Waals surface area contributed by atoms with Gasteiger partial charge in [0.2, 0.25) is 5.43 Å². The molecule has 2 heterocycles. The van der Waals surface area contributed by atoms with Crippen molar-refractivity contribution in [3.63, 3.8) is 0 Å². The van der Waals surface area contributed by atoms with Gasteiger partial charge in [-0.3, -0.25) is 4.79 Å². The van der Waals surface area contributed by atoms with Crippen molar-refractivity contribution < 1.29 is 19.0 Å². The highest BCUT2D eigenvalue weighted by Crippen LogP contribution is 2.29. The van der Waals surface area contributed by atoms with Crippen LogP contribution in [-0.2, 0) is 6.54 Å². The molecule has 0 saturated carbocycles. The summed E-state index contributed by atoms with van der Waals surface area (Å²) in [6.07, 6.45) is 1.09. The number of pyridine rings is 1. The number of benzene rings is 2. The van der Waals surface area contributed by atoms with Gasteiger partial charge in [0.15, 0.2) is 0 Å². The maximum absolute atomic E-state index is 13.0. The van der Waals surface area contributed by atoms with Crippen molar-refractivity contribution in [3.05, 3.63) is 70.3 Å². The molecule has 4 rings (SSSR count). The van der Waals surface area contributed by atoms with Crippen LogP contribution in [0.15, 0.2) is 53.5 Å². The Kier molecular flexibility index (Phi) is 3.84. The molecule has 1 aromatic heterocycles. The fourth-order valence-electron chi connectivity index (χ4n) is 3.16. The van der Waals surface area contributed by atoms with Gasteiger partial charge >= 0.3 is 5.97 Å². The number of aromatic carboxylic acids is 1. The normalized spacial score (nSPS) is 15.5. The number of para-hydroxylation sites is 1. The van der Waals surface area contributed by atoms with Gasteiger partial charge in [-0.15, -0.1) is 0 Å². The van der Waals surface area contributed by atoms with Gasteiger partial charge in [0.1, 0.15) is 23.2 Å². The van der Waals surface area contributed by atoms with Crippen LogP contribution in [-0.4, -0.2) is 28.3 Å². The number of carboxylic acids is 1. The molecule has 0 radical (unpaired) electrons. The van der Waals surface area contributed by atoms with Gasteiger partial charge in [-0.2, -0.15) is 0 Å². The minimum atomic E-state index is -1.25. The van der Waals surface area contributed by atoms with Crippen LogP contribution >= 0.6 is 0 Å². The summed E-state index contributed by atoms with van der Waals surface area (Å²) in [7, 11) is 0. The molecule has 1 unspecified atom stereocenters. The predicted octanol–water partition coefficient (Wildman–Crippen LogP) is 2.71. The van der Waals surface area contributed by atoms with Crippen LogP contribution in [0.2, 0.25) is 0 Å². The SMILES string of the molecule is O=C(O)c1cn2c3c(cccc3c1=O)OC(CNc1ccc(F)cc1)C2. The summed E-state index contributed by atoms with van der Waals surface area (Å²) >= 11 is 0. The van der Waals surface area contributed by atoms with Crippen LogP contribution in [0.5, 0.6) is 5.75 Å². The fourth-order valence-corrected chi connectivity index (χ4v) is 3.16. The van der Waals surface area contributed by atoms with Crippen LogP contribution in [0.3, 0.4) is 0 Å². The molecule has 132 valence electrons. The number of halogens is 1. The number of rotatable bonds is 4. The first-order chi connectivity index (χ1) is 12.5. The van der Waals surface area contributed by atoms with Crippen LogP contribution < -0.4 is 15.5 Å². The zero-order valence-electron chi connectivity index (χ0n) is 13.6. The van der Waals surface area contributed by atoms with E-state index in [-0.39, 0.29) is 17.5 Å². The minimum absolute atomic E-state index is 0.262. The summed E-state index contributed by atoms with van der Waals surface area (Å²) < 4.78 is 20.7. The molecule has 0 spiro atoms. The van der Waals surface area contributed by atoms with E-state index in [2.05, 4.69) is 5.32 Å². The third-order valence-corrected chi connectivity index (χ3v) is 4.36. The second-order valence-corrected chi connectivity index (χ2v) is 6.11. The zero-order valence-corrected chi connectivity index (χ0v) is 13.6. The molecule has 26 heavy (non-hydrogen) atoms. The zero-order chi connectivity index (χ0) is 18.3. The molecule has 1 aliphatic heterocycles. The average Bonchev–Trinajstić information content (AvgIpc) is 2.63. The van der Waals surface area contributed by atoms with E-state index in [4.69, 9.17) is 4.74 Å². The number of hydrogen-bond donors (Lipinski definition) is 2. The summed E-state index contributed by atoms with van der Waals surface area (Å²) in [4.78, 5) is 23.7. The van der Waals surface area contributed by atoms with Crippen molar-refractivity contribution in [3.8, 4) is 5.75 Å². The first-order valence-corrected chi connectivity index (χ1v) is 8.08. The summed E-state index contributed by atoms with van der Waals surface area (Å²) in [5.74, 6) is -1.03. The second-order valence-electron chi connectivity index (χ2n) is 6.11. The Labute approximate surface area is 147 Å².